The average molecular weight is 370 g/mol. The van der Waals surface area contributed by atoms with Crippen LogP contribution in [0, 0.1) is 3.57 Å². The third-order valence-electron chi connectivity index (χ3n) is 2.73. The lowest BCUT2D eigenvalue weighted by Crippen LogP contribution is -2.34. The number of nitrogen functional groups attached to an aromatic ring is 1. The van der Waals surface area contributed by atoms with Crippen LogP contribution in [0.3, 0.4) is 0 Å². The molecule has 9 heteroatoms. The second kappa shape index (κ2) is 5.07. The second-order valence-electron chi connectivity index (χ2n) is 3.90. The van der Waals surface area contributed by atoms with Gasteiger partial charge in [0.25, 0.3) is 0 Å². The lowest BCUT2D eigenvalue weighted by Gasteiger charge is -2.16. The molecule has 1 unspecified atom stereocenters. The maximum Gasteiger partial charge on any atom is 0.351 e. The Bertz CT molecular complexity index is 511. The molecule has 0 aliphatic carbocycles. The molecule has 2 rings (SSSR count). The first-order valence-corrected chi connectivity index (χ1v) is 6.25. The zero-order chi connectivity index (χ0) is 13.4. The molecule has 7 nitrogen and oxygen atoms in total. The molecule has 0 aromatic carbocycles. The predicted octanol–water partition coefficient (Wildman–Crippen LogP) is -1.01. The molecular weight excluding hydrogens is 358 g/mol. The maximum atomic E-state index is 13.9. The van der Waals surface area contributed by atoms with Crippen molar-refractivity contribution in [2.24, 2.45) is 5.73 Å². The number of halogens is 2. The topological polar surface area (TPSA) is 116 Å². The van der Waals surface area contributed by atoms with Gasteiger partial charge >= 0.3 is 5.69 Å². The van der Waals surface area contributed by atoms with Crippen molar-refractivity contribution in [3.8, 4) is 0 Å². The van der Waals surface area contributed by atoms with E-state index in [0.29, 0.717) is 3.57 Å². The molecule has 5 N–H and O–H groups in total. The molecule has 0 saturated carbocycles. The van der Waals surface area contributed by atoms with Crippen molar-refractivity contribution >= 4 is 28.4 Å². The minimum absolute atomic E-state index is 0.0354. The highest BCUT2D eigenvalue weighted by Crippen LogP contribution is 2.30. The fraction of sp³-hybridized carbons (Fsp3) is 0.556. The summed E-state index contributed by atoms with van der Waals surface area (Å²) in [6.45, 7) is -0.0354. The molecule has 1 aliphatic heterocycles. The Balaban J connectivity index is 2.39. The Morgan fingerprint density at radius 1 is 1.67 bits per heavy atom. The van der Waals surface area contributed by atoms with Crippen LogP contribution < -0.4 is 17.2 Å². The highest BCUT2D eigenvalue weighted by molar-refractivity contribution is 14.1. The van der Waals surface area contributed by atoms with Crippen LogP contribution in [0.2, 0.25) is 0 Å². The molecule has 1 aromatic heterocycles. The van der Waals surface area contributed by atoms with Crippen LogP contribution in [0.5, 0.6) is 0 Å². The van der Waals surface area contributed by atoms with Gasteiger partial charge in [-0.2, -0.15) is 4.98 Å². The van der Waals surface area contributed by atoms with Crippen LogP contribution in [0.15, 0.2) is 11.0 Å². The highest BCUT2D eigenvalue weighted by atomic mass is 127. The molecule has 0 amide bonds. The van der Waals surface area contributed by atoms with E-state index in [1.54, 1.807) is 0 Å². The first-order chi connectivity index (χ1) is 8.45. The summed E-state index contributed by atoms with van der Waals surface area (Å²) in [6.07, 6.45) is -3.83. The summed E-state index contributed by atoms with van der Waals surface area (Å²) in [5.41, 5.74) is 10.1. The van der Waals surface area contributed by atoms with E-state index in [1.165, 1.54) is 6.20 Å². The van der Waals surface area contributed by atoms with E-state index in [2.05, 4.69) is 4.98 Å². The lowest BCUT2D eigenvalue weighted by molar-refractivity contribution is -0.0225. The summed E-state index contributed by atoms with van der Waals surface area (Å²) < 4.78 is 20.6. The molecule has 0 bridgehead atoms. The van der Waals surface area contributed by atoms with E-state index in [1.807, 2.05) is 22.6 Å². The number of aromatic nitrogens is 2. The van der Waals surface area contributed by atoms with Gasteiger partial charge in [-0.3, -0.25) is 4.57 Å². The highest BCUT2D eigenvalue weighted by Gasteiger charge is 2.45. The van der Waals surface area contributed by atoms with Crippen molar-refractivity contribution in [2.75, 3.05) is 12.3 Å². The summed E-state index contributed by atoms with van der Waals surface area (Å²) >= 11 is 1.87. The first kappa shape index (κ1) is 13.6. The van der Waals surface area contributed by atoms with E-state index in [-0.39, 0.29) is 12.4 Å². The van der Waals surface area contributed by atoms with Crippen molar-refractivity contribution in [1.82, 2.24) is 9.55 Å². The molecule has 0 spiro atoms. The smallest absolute Gasteiger partial charge is 0.351 e. The quantitative estimate of drug-likeness (QED) is 0.575. The third-order valence-corrected chi connectivity index (χ3v) is 3.57. The molecule has 1 fully saturated rings. The number of nitrogens with two attached hydrogens (primary N) is 2. The minimum Gasteiger partial charge on any atom is -0.387 e. The summed E-state index contributed by atoms with van der Waals surface area (Å²) in [6, 6.07) is 0. The van der Waals surface area contributed by atoms with Crippen LogP contribution in [0.25, 0.3) is 0 Å². The number of hydrogen-bond donors (Lipinski definition) is 3. The second-order valence-corrected chi connectivity index (χ2v) is 5.06. The maximum absolute atomic E-state index is 13.9. The molecule has 4 atom stereocenters. The number of anilines is 1. The molecule has 1 saturated heterocycles. The fourth-order valence-electron chi connectivity index (χ4n) is 1.76. The van der Waals surface area contributed by atoms with Gasteiger partial charge < -0.3 is 21.3 Å². The number of nitrogens with zero attached hydrogens (tertiary/aromatic N) is 2. The predicted molar refractivity (Wildman–Crippen MR) is 69.5 cm³/mol. The van der Waals surface area contributed by atoms with Crippen LogP contribution in [0.4, 0.5) is 10.2 Å². The third kappa shape index (κ3) is 2.22. The molecular formula is C9H12FIN4O3. The summed E-state index contributed by atoms with van der Waals surface area (Å²) in [5, 5.41) is 9.56. The number of aliphatic hydroxyl groups excluding tert-OH is 1. The van der Waals surface area contributed by atoms with Gasteiger partial charge in [0.05, 0.1) is 3.57 Å². The van der Waals surface area contributed by atoms with E-state index >= 15 is 0 Å². The van der Waals surface area contributed by atoms with E-state index in [0.717, 1.165) is 4.57 Å². The van der Waals surface area contributed by atoms with Gasteiger partial charge in [-0.25, -0.2) is 9.18 Å². The van der Waals surface area contributed by atoms with Crippen LogP contribution >= 0.6 is 22.6 Å². The number of hydrogen-bond acceptors (Lipinski definition) is 6. The van der Waals surface area contributed by atoms with Crippen molar-refractivity contribution in [3.05, 3.63) is 20.3 Å². The summed E-state index contributed by atoms with van der Waals surface area (Å²) in [5.74, 6) is 0.0705. The standard InChI is InChI=1S/C9H12FIN4O3/c10-5-6(16)4(1-12)18-8(5)15-2-3(11)7(13)14-9(15)17/h2,4-6,8,16H,1,12H2,(H2,13,14,17)/t4?,5-,6+,8-/m1/s1. The van der Waals surface area contributed by atoms with Gasteiger partial charge in [-0.05, 0) is 22.6 Å². The van der Waals surface area contributed by atoms with E-state index in [9.17, 15) is 14.3 Å². The van der Waals surface area contributed by atoms with Crippen molar-refractivity contribution < 1.29 is 14.2 Å². The molecule has 2 heterocycles. The molecule has 1 aliphatic rings. The summed E-state index contributed by atoms with van der Waals surface area (Å²) in [7, 11) is 0. The Labute approximate surface area is 115 Å². The minimum atomic E-state index is -1.74. The van der Waals surface area contributed by atoms with Gasteiger partial charge in [0.15, 0.2) is 12.4 Å². The summed E-state index contributed by atoms with van der Waals surface area (Å²) in [4.78, 5) is 15.2. The lowest BCUT2D eigenvalue weighted by atomic mass is 10.1. The van der Waals surface area contributed by atoms with Gasteiger partial charge in [-0.1, -0.05) is 0 Å². The Morgan fingerprint density at radius 3 is 2.89 bits per heavy atom. The Morgan fingerprint density at radius 2 is 2.33 bits per heavy atom. The Kier molecular flexibility index (Phi) is 3.84. The normalized spacial score (nSPS) is 31.8. The van der Waals surface area contributed by atoms with Crippen molar-refractivity contribution in [1.29, 1.82) is 0 Å². The zero-order valence-corrected chi connectivity index (χ0v) is 11.3. The van der Waals surface area contributed by atoms with Gasteiger partial charge in [-0.15, -0.1) is 0 Å². The number of ether oxygens (including phenoxy) is 1. The number of aliphatic hydroxyl groups is 1. The van der Waals surface area contributed by atoms with Crippen LogP contribution in [0.1, 0.15) is 6.23 Å². The number of rotatable bonds is 2. The van der Waals surface area contributed by atoms with E-state index < -0.39 is 30.3 Å². The molecule has 18 heavy (non-hydrogen) atoms. The van der Waals surface area contributed by atoms with Crippen molar-refractivity contribution in [3.63, 3.8) is 0 Å². The largest absolute Gasteiger partial charge is 0.387 e. The first-order valence-electron chi connectivity index (χ1n) is 5.17. The monoisotopic (exact) mass is 370 g/mol. The average Bonchev–Trinajstić information content (AvgIpc) is 2.61. The van der Waals surface area contributed by atoms with Crippen LogP contribution in [-0.4, -0.2) is 39.6 Å². The van der Waals surface area contributed by atoms with E-state index in [4.69, 9.17) is 16.2 Å². The number of alkyl halides is 1. The Hall–Kier alpha value is -0.780. The molecule has 0 radical (unpaired) electrons. The SMILES string of the molecule is NCC1O[C@@H](n2cc(I)c(N)nc2=O)[C@H](F)[C@H]1O. The van der Waals surface area contributed by atoms with Gasteiger partial charge in [0.1, 0.15) is 18.0 Å². The fourth-order valence-corrected chi connectivity index (χ4v) is 2.18. The van der Waals surface area contributed by atoms with Gasteiger partial charge in [0.2, 0.25) is 0 Å². The van der Waals surface area contributed by atoms with Crippen molar-refractivity contribution in [2.45, 2.75) is 24.6 Å². The zero-order valence-electron chi connectivity index (χ0n) is 9.16. The molecule has 100 valence electrons. The van der Waals surface area contributed by atoms with Gasteiger partial charge in [0, 0.05) is 12.7 Å². The van der Waals surface area contributed by atoms with Crippen LogP contribution in [-0.2, 0) is 4.74 Å². The molecule has 1 aromatic rings.